The van der Waals surface area contributed by atoms with E-state index >= 15 is 0 Å². The highest BCUT2D eigenvalue weighted by molar-refractivity contribution is 5.10. The molecule has 0 N–H and O–H groups in total. The van der Waals surface area contributed by atoms with Crippen LogP contribution in [0.25, 0.3) is 0 Å². The minimum Gasteiger partial charge on any atom is -0.352 e. The monoisotopic (exact) mass is 372 g/mol. The van der Waals surface area contributed by atoms with Crippen LogP contribution in [0.15, 0.2) is 0 Å². The lowest BCUT2D eigenvalue weighted by Gasteiger charge is -2.37. The van der Waals surface area contributed by atoms with E-state index in [1.807, 2.05) is 0 Å². The van der Waals surface area contributed by atoms with Crippen molar-refractivity contribution in [1.29, 1.82) is 0 Å². The quantitative estimate of drug-likeness (QED) is 0.415. The molecule has 0 radical (unpaired) electrons. The van der Waals surface area contributed by atoms with Crippen LogP contribution < -0.4 is 0 Å². The Morgan fingerprint density at radius 1 is 0.519 bits per heavy atom. The van der Waals surface area contributed by atoms with Crippen LogP contribution in [0.3, 0.4) is 0 Å². The lowest BCUT2D eigenvalue weighted by Crippen LogP contribution is -2.27. The van der Waals surface area contributed by atoms with Gasteiger partial charge in [0.25, 0.3) is 0 Å². The zero-order chi connectivity index (χ0) is 18.3. The van der Waals surface area contributed by atoms with Gasteiger partial charge in [-0.25, -0.2) is 0 Å². The second kappa shape index (κ2) is 10.3. The Morgan fingerprint density at radius 2 is 1.11 bits per heavy atom. The molecule has 2 heteroatoms. The molecule has 3 atom stereocenters. The molecule has 4 fully saturated rings. The number of hydrogen-bond donors (Lipinski definition) is 0. The van der Waals surface area contributed by atoms with E-state index in [1.165, 1.54) is 103 Å². The summed E-state index contributed by atoms with van der Waals surface area (Å²) in [6, 6.07) is 0. The van der Waals surface area contributed by atoms with Crippen molar-refractivity contribution in [3.8, 4) is 11.8 Å². The van der Waals surface area contributed by atoms with Gasteiger partial charge < -0.3 is 9.47 Å². The first-order valence-corrected chi connectivity index (χ1v) is 12.1. The van der Waals surface area contributed by atoms with Gasteiger partial charge in [0.2, 0.25) is 0 Å². The molecule has 0 aromatic rings. The molecule has 4 saturated carbocycles. The van der Waals surface area contributed by atoms with E-state index in [2.05, 4.69) is 11.8 Å². The summed E-state index contributed by atoms with van der Waals surface area (Å²) < 4.78 is 11.9. The smallest absolute Gasteiger partial charge is 0.147 e. The minimum atomic E-state index is 0.407. The van der Waals surface area contributed by atoms with Crippen molar-refractivity contribution < 1.29 is 9.47 Å². The molecule has 0 bridgehead atoms. The van der Waals surface area contributed by atoms with Gasteiger partial charge in [-0.15, -0.1) is 0 Å². The van der Waals surface area contributed by atoms with Crippen LogP contribution in [0.5, 0.6) is 0 Å². The maximum Gasteiger partial charge on any atom is 0.147 e. The fraction of sp³-hybridized carbons (Fsp3) is 0.920. The molecule has 2 nitrogen and oxygen atoms in total. The van der Waals surface area contributed by atoms with Gasteiger partial charge in [-0.05, 0) is 69.6 Å². The molecule has 0 aromatic heterocycles. The van der Waals surface area contributed by atoms with Crippen LogP contribution in [0.1, 0.15) is 103 Å². The van der Waals surface area contributed by atoms with Crippen LogP contribution in [0, 0.1) is 35.5 Å². The van der Waals surface area contributed by atoms with Crippen molar-refractivity contribution in [3.05, 3.63) is 0 Å². The number of rotatable bonds is 4. The minimum absolute atomic E-state index is 0.407. The summed E-state index contributed by atoms with van der Waals surface area (Å²) >= 11 is 0. The molecule has 0 spiro atoms. The van der Waals surface area contributed by atoms with Gasteiger partial charge in [0, 0.05) is 11.8 Å². The SMILES string of the molecule is C(#CC1CCC2CCCCC2C1)C1CCC(OCOC2CCCCC2)CC1. The van der Waals surface area contributed by atoms with Crippen LogP contribution in [0.4, 0.5) is 0 Å². The van der Waals surface area contributed by atoms with Crippen LogP contribution >= 0.6 is 0 Å². The summed E-state index contributed by atoms with van der Waals surface area (Å²) in [5.41, 5.74) is 0. The second-order valence-electron chi connectivity index (χ2n) is 9.79. The van der Waals surface area contributed by atoms with E-state index in [4.69, 9.17) is 9.47 Å². The first-order chi connectivity index (χ1) is 13.4. The Morgan fingerprint density at radius 3 is 1.89 bits per heavy atom. The molecule has 0 amide bonds. The standard InChI is InChI=1S/C25H40O2/c1-2-8-24(9-3-1)26-19-27-25-16-13-20(14-17-25)10-11-21-12-15-22-6-4-5-7-23(22)18-21/h20-25H,1-9,12-19H2. The van der Waals surface area contributed by atoms with E-state index in [9.17, 15) is 0 Å². The molecule has 0 aromatic carbocycles. The molecule has 0 heterocycles. The highest BCUT2D eigenvalue weighted by Crippen LogP contribution is 2.42. The average Bonchev–Trinajstić information content (AvgIpc) is 2.74. The van der Waals surface area contributed by atoms with Crippen molar-refractivity contribution in [1.82, 2.24) is 0 Å². The predicted octanol–water partition coefficient (Wildman–Crippen LogP) is 6.48. The fourth-order valence-electron chi connectivity index (χ4n) is 6.08. The first-order valence-electron chi connectivity index (χ1n) is 12.1. The van der Waals surface area contributed by atoms with Gasteiger partial charge in [0.05, 0.1) is 12.2 Å². The first kappa shape index (κ1) is 19.8. The van der Waals surface area contributed by atoms with Crippen molar-refractivity contribution >= 4 is 0 Å². The molecule has 4 rings (SSSR count). The highest BCUT2D eigenvalue weighted by Gasteiger charge is 2.31. The number of hydrogen-bond acceptors (Lipinski definition) is 2. The lowest BCUT2D eigenvalue weighted by atomic mass is 9.67. The summed E-state index contributed by atoms with van der Waals surface area (Å²) in [6.45, 7) is 0.510. The van der Waals surface area contributed by atoms with Crippen molar-refractivity contribution in [2.24, 2.45) is 23.7 Å². The molecule has 0 aliphatic heterocycles. The van der Waals surface area contributed by atoms with Crippen LogP contribution in [-0.4, -0.2) is 19.0 Å². The number of ether oxygens (including phenoxy) is 2. The fourth-order valence-corrected chi connectivity index (χ4v) is 6.08. The van der Waals surface area contributed by atoms with E-state index in [1.54, 1.807) is 0 Å². The van der Waals surface area contributed by atoms with Gasteiger partial charge in [-0.2, -0.15) is 0 Å². The Labute approximate surface area is 167 Å². The normalized spacial score (nSPS) is 37.9. The third-order valence-electron chi connectivity index (χ3n) is 7.87. The van der Waals surface area contributed by atoms with Gasteiger partial charge in [-0.3, -0.25) is 0 Å². The summed E-state index contributed by atoms with van der Waals surface area (Å²) in [6.07, 6.45) is 22.3. The molecule has 3 unspecified atom stereocenters. The van der Waals surface area contributed by atoms with E-state index < -0.39 is 0 Å². The summed E-state index contributed by atoms with van der Waals surface area (Å²) in [5.74, 6) is 10.7. The van der Waals surface area contributed by atoms with Gasteiger partial charge in [-0.1, -0.05) is 56.8 Å². The van der Waals surface area contributed by atoms with E-state index in [-0.39, 0.29) is 0 Å². The van der Waals surface area contributed by atoms with Gasteiger partial charge in [0.15, 0.2) is 0 Å². The maximum absolute atomic E-state index is 6.02. The van der Waals surface area contributed by atoms with Crippen LogP contribution in [-0.2, 0) is 9.47 Å². The van der Waals surface area contributed by atoms with Crippen molar-refractivity contribution in [2.75, 3.05) is 6.79 Å². The summed E-state index contributed by atoms with van der Waals surface area (Å²) in [5, 5.41) is 0. The van der Waals surface area contributed by atoms with Crippen molar-refractivity contribution in [3.63, 3.8) is 0 Å². The van der Waals surface area contributed by atoms with Crippen LogP contribution in [0.2, 0.25) is 0 Å². The second-order valence-corrected chi connectivity index (χ2v) is 9.79. The molecular weight excluding hydrogens is 332 g/mol. The third kappa shape index (κ3) is 5.98. The molecule has 27 heavy (non-hydrogen) atoms. The Bertz CT molecular complexity index is 490. The largest absolute Gasteiger partial charge is 0.352 e. The lowest BCUT2D eigenvalue weighted by molar-refractivity contribution is -0.132. The van der Waals surface area contributed by atoms with Gasteiger partial charge >= 0.3 is 0 Å². The third-order valence-corrected chi connectivity index (χ3v) is 7.87. The van der Waals surface area contributed by atoms with E-state index in [0.29, 0.717) is 30.8 Å². The molecule has 4 aliphatic carbocycles. The Balaban J connectivity index is 1.12. The topological polar surface area (TPSA) is 18.5 Å². The molecular formula is C25H40O2. The average molecular weight is 373 g/mol. The zero-order valence-corrected chi connectivity index (χ0v) is 17.3. The summed E-state index contributed by atoms with van der Waals surface area (Å²) in [4.78, 5) is 0. The molecule has 4 aliphatic rings. The summed E-state index contributed by atoms with van der Waals surface area (Å²) in [7, 11) is 0. The Hall–Kier alpha value is -0.520. The van der Waals surface area contributed by atoms with E-state index in [0.717, 1.165) is 11.8 Å². The predicted molar refractivity (Wildman–Crippen MR) is 110 cm³/mol. The maximum atomic E-state index is 6.02. The van der Waals surface area contributed by atoms with Gasteiger partial charge in [0.1, 0.15) is 6.79 Å². The Kier molecular flexibility index (Phi) is 7.56. The zero-order valence-electron chi connectivity index (χ0n) is 17.3. The van der Waals surface area contributed by atoms with Crippen molar-refractivity contribution in [2.45, 2.75) is 115 Å². The molecule has 0 saturated heterocycles. The highest BCUT2D eigenvalue weighted by atomic mass is 16.7. The molecule has 152 valence electrons. The number of fused-ring (bicyclic) bond motifs is 1.